The van der Waals surface area contributed by atoms with Gasteiger partial charge in [0.05, 0.1) is 6.10 Å². The molecule has 0 radical (unpaired) electrons. The Bertz CT molecular complexity index is 455. The van der Waals surface area contributed by atoms with E-state index in [9.17, 15) is 4.79 Å². The maximum atomic E-state index is 11.8. The molecule has 1 aromatic rings. The molecule has 1 amide bonds. The number of hydrogen-bond donors (Lipinski definition) is 2. The molecule has 2 rings (SSSR count). The molecule has 1 heterocycles. The molecule has 6 heteroatoms. The maximum Gasteiger partial charge on any atom is 0.270 e. The second-order valence-corrected chi connectivity index (χ2v) is 4.74. The third kappa shape index (κ3) is 2.83. The number of ether oxygens (including phenoxy) is 1. The largest absolute Gasteiger partial charge is 0.389 e. The van der Waals surface area contributed by atoms with E-state index in [1.165, 1.54) is 6.20 Å². The summed E-state index contributed by atoms with van der Waals surface area (Å²) in [5, 5.41) is 2.90. The zero-order valence-corrected chi connectivity index (χ0v) is 10.9. The third-order valence-electron chi connectivity index (χ3n) is 3.04. The molecule has 0 saturated heterocycles. The standard InChI is InChI=1S/C12H15N3O2S/c1-17-9-4-8(5-9)15-12(16)10-3-2-7(6-14-10)11(13)18/h2-3,6,8-9H,4-5H2,1H3,(H2,13,18)(H,15,16). The monoisotopic (exact) mass is 265 g/mol. The molecule has 0 spiro atoms. The number of pyridine rings is 1. The van der Waals surface area contributed by atoms with Gasteiger partial charge in [0.1, 0.15) is 10.7 Å². The minimum Gasteiger partial charge on any atom is -0.389 e. The van der Waals surface area contributed by atoms with Gasteiger partial charge >= 0.3 is 0 Å². The van der Waals surface area contributed by atoms with Crippen molar-refractivity contribution in [1.29, 1.82) is 0 Å². The van der Waals surface area contributed by atoms with Crippen molar-refractivity contribution in [2.75, 3.05) is 7.11 Å². The van der Waals surface area contributed by atoms with Crippen molar-refractivity contribution in [2.24, 2.45) is 5.73 Å². The molecule has 96 valence electrons. The highest BCUT2D eigenvalue weighted by Gasteiger charge is 2.30. The first-order valence-electron chi connectivity index (χ1n) is 5.69. The fraction of sp³-hybridized carbons (Fsp3) is 0.417. The quantitative estimate of drug-likeness (QED) is 0.781. The number of nitrogens with two attached hydrogens (primary N) is 1. The number of methoxy groups -OCH3 is 1. The van der Waals surface area contributed by atoms with Crippen LogP contribution < -0.4 is 11.1 Å². The van der Waals surface area contributed by atoms with Gasteiger partial charge in [0.2, 0.25) is 0 Å². The van der Waals surface area contributed by atoms with Crippen LogP contribution in [-0.2, 0) is 4.74 Å². The smallest absolute Gasteiger partial charge is 0.270 e. The van der Waals surface area contributed by atoms with E-state index in [1.807, 2.05) is 0 Å². The van der Waals surface area contributed by atoms with E-state index in [0.29, 0.717) is 11.3 Å². The van der Waals surface area contributed by atoms with Crippen LogP contribution in [0.15, 0.2) is 18.3 Å². The van der Waals surface area contributed by atoms with E-state index in [-0.39, 0.29) is 23.0 Å². The third-order valence-corrected chi connectivity index (χ3v) is 3.28. The van der Waals surface area contributed by atoms with Crippen LogP contribution in [0.4, 0.5) is 0 Å². The van der Waals surface area contributed by atoms with E-state index < -0.39 is 0 Å². The number of thiocarbonyl (C=S) groups is 1. The molecule has 1 aliphatic carbocycles. The van der Waals surface area contributed by atoms with E-state index in [0.717, 1.165) is 12.8 Å². The van der Waals surface area contributed by atoms with Crippen LogP contribution in [0, 0.1) is 0 Å². The topological polar surface area (TPSA) is 77.2 Å². The number of nitrogens with zero attached hydrogens (tertiary/aromatic N) is 1. The first-order chi connectivity index (χ1) is 8.60. The SMILES string of the molecule is COC1CC(NC(=O)c2ccc(C(N)=S)cn2)C1. The minimum absolute atomic E-state index is 0.177. The molecule has 18 heavy (non-hydrogen) atoms. The number of carbonyl (C=O) groups is 1. The lowest BCUT2D eigenvalue weighted by Crippen LogP contribution is -2.47. The Morgan fingerprint density at radius 2 is 2.28 bits per heavy atom. The minimum atomic E-state index is -0.177. The molecule has 0 atom stereocenters. The molecule has 0 aromatic carbocycles. The molecule has 0 aliphatic heterocycles. The van der Waals surface area contributed by atoms with E-state index in [1.54, 1.807) is 19.2 Å². The van der Waals surface area contributed by atoms with E-state index >= 15 is 0 Å². The molecule has 1 fully saturated rings. The molecular weight excluding hydrogens is 250 g/mol. The zero-order chi connectivity index (χ0) is 13.1. The average molecular weight is 265 g/mol. The Morgan fingerprint density at radius 3 is 2.78 bits per heavy atom. The van der Waals surface area contributed by atoms with Crippen LogP contribution >= 0.6 is 12.2 Å². The predicted molar refractivity (Wildman–Crippen MR) is 71.4 cm³/mol. The molecule has 0 unspecified atom stereocenters. The van der Waals surface area contributed by atoms with Crippen LogP contribution in [0.2, 0.25) is 0 Å². The molecule has 0 bridgehead atoms. The molecule has 1 saturated carbocycles. The van der Waals surface area contributed by atoms with Crippen molar-refractivity contribution in [1.82, 2.24) is 10.3 Å². The van der Waals surface area contributed by atoms with Gasteiger partial charge < -0.3 is 15.8 Å². The summed E-state index contributed by atoms with van der Waals surface area (Å²) in [5.74, 6) is -0.177. The lowest BCUT2D eigenvalue weighted by atomic mass is 9.89. The Labute approximate surface area is 111 Å². The van der Waals surface area contributed by atoms with Crippen LogP contribution in [0.3, 0.4) is 0 Å². The number of aromatic nitrogens is 1. The summed E-state index contributed by atoms with van der Waals surface area (Å²) in [7, 11) is 1.68. The van der Waals surface area contributed by atoms with Gasteiger partial charge in [-0.1, -0.05) is 12.2 Å². The van der Waals surface area contributed by atoms with Gasteiger partial charge in [0.25, 0.3) is 5.91 Å². The van der Waals surface area contributed by atoms with Crippen molar-refractivity contribution in [3.05, 3.63) is 29.6 Å². The fourth-order valence-corrected chi connectivity index (χ4v) is 1.93. The summed E-state index contributed by atoms with van der Waals surface area (Å²) in [6, 6.07) is 3.50. The highest BCUT2D eigenvalue weighted by Crippen LogP contribution is 2.22. The summed E-state index contributed by atoms with van der Waals surface area (Å²) in [6.07, 6.45) is 3.48. The maximum absolute atomic E-state index is 11.8. The summed E-state index contributed by atoms with van der Waals surface area (Å²) in [5.41, 5.74) is 6.49. The van der Waals surface area contributed by atoms with Crippen molar-refractivity contribution in [3.8, 4) is 0 Å². The first-order valence-corrected chi connectivity index (χ1v) is 6.10. The van der Waals surface area contributed by atoms with Gasteiger partial charge in [-0.15, -0.1) is 0 Å². The summed E-state index contributed by atoms with van der Waals surface area (Å²) in [6.45, 7) is 0. The van der Waals surface area contributed by atoms with Gasteiger partial charge in [-0.2, -0.15) is 0 Å². The van der Waals surface area contributed by atoms with Gasteiger partial charge in [0.15, 0.2) is 0 Å². The molecule has 1 aromatic heterocycles. The Kier molecular flexibility index (Phi) is 3.88. The van der Waals surface area contributed by atoms with Gasteiger partial charge in [0, 0.05) is 24.9 Å². The Balaban J connectivity index is 1.91. The molecular formula is C12H15N3O2S. The van der Waals surface area contributed by atoms with E-state index in [2.05, 4.69) is 10.3 Å². The van der Waals surface area contributed by atoms with Crippen LogP contribution in [0.5, 0.6) is 0 Å². The molecule has 5 nitrogen and oxygen atoms in total. The van der Waals surface area contributed by atoms with Crippen molar-refractivity contribution < 1.29 is 9.53 Å². The fourth-order valence-electron chi connectivity index (χ4n) is 1.81. The Hall–Kier alpha value is -1.53. The summed E-state index contributed by atoms with van der Waals surface area (Å²) in [4.78, 5) is 16.2. The van der Waals surface area contributed by atoms with Crippen molar-refractivity contribution >= 4 is 23.1 Å². The van der Waals surface area contributed by atoms with Gasteiger partial charge in [-0.3, -0.25) is 9.78 Å². The second-order valence-electron chi connectivity index (χ2n) is 4.30. The Morgan fingerprint density at radius 1 is 1.56 bits per heavy atom. The number of carbonyl (C=O) groups excluding carboxylic acids is 1. The van der Waals surface area contributed by atoms with Crippen molar-refractivity contribution in [3.63, 3.8) is 0 Å². The molecule has 1 aliphatic rings. The van der Waals surface area contributed by atoms with Crippen LogP contribution in [-0.4, -0.2) is 35.1 Å². The number of hydrogen-bond acceptors (Lipinski definition) is 4. The normalized spacial score (nSPS) is 22.1. The average Bonchev–Trinajstić information content (AvgIpc) is 2.33. The predicted octanol–water partition coefficient (Wildman–Crippen LogP) is 0.623. The van der Waals surface area contributed by atoms with Crippen molar-refractivity contribution in [2.45, 2.75) is 25.0 Å². The van der Waals surface area contributed by atoms with E-state index in [4.69, 9.17) is 22.7 Å². The zero-order valence-electron chi connectivity index (χ0n) is 10.1. The molecule has 3 N–H and O–H groups in total. The summed E-state index contributed by atoms with van der Waals surface area (Å²) >= 11 is 4.82. The first kappa shape index (κ1) is 12.9. The van der Waals surface area contributed by atoms with Gasteiger partial charge in [-0.25, -0.2) is 0 Å². The lowest BCUT2D eigenvalue weighted by Gasteiger charge is -2.34. The highest BCUT2D eigenvalue weighted by molar-refractivity contribution is 7.80. The van der Waals surface area contributed by atoms with Gasteiger partial charge in [-0.05, 0) is 25.0 Å². The van der Waals surface area contributed by atoms with Crippen LogP contribution in [0.25, 0.3) is 0 Å². The number of amides is 1. The summed E-state index contributed by atoms with van der Waals surface area (Å²) < 4.78 is 5.15. The number of rotatable bonds is 4. The lowest BCUT2D eigenvalue weighted by molar-refractivity contribution is 0.0175. The number of nitrogens with one attached hydrogen (secondary N) is 1. The second kappa shape index (κ2) is 5.41. The van der Waals surface area contributed by atoms with Crippen LogP contribution in [0.1, 0.15) is 28.9 Å². The highest BCUT2D eigenvalue weighted by atomic mass is 32.1.